The molecule has 0 aliphatic heterocycles. The van der Waals surface area contributed by atoms with Crippen LogP contribution < -0.4 is 4.74 Å². The van der Waals surface area contributed by atoms with Gasteiger partial charge in [-0.05, 0) is 25.0 Å². The van der Waals surface area contributed by atoms with E-state index in [1.54, 1.807) is 13.3 Å². The smallest absolute Gasteiger partial charge is 0.137 e. The van der Waals surface area contributed by atoms with Gasteiger partial charge in [-0.15, -0.1) is 0 Å². The number of methoxy groups -OCH3 is 1. The molecule has 0 unspecified atom stereocenters. The Balaban J connectivity index is 2.19. The van der Waals surface area contributed by atoms with Gasteiger partial charge < -0.3 is 4.74 Å². The number of rotatable bonds is 2. The Kier molecular flexibility index (Phi) is 1.53. The van der Waals surface area contributed by atoms with Crippen LogP contribution in [0.5, 0.6) is 5.75 Å². The molecule has 1 aliphatic rings. The number of hydrogen-bond acceptors (Lipinski definition) is 2. The minimum Gasteiger partial charge on any atom is -0.495 e. The molecule has 0 atom stereocenters. The van der Waals surface area contributed by atoms with Gasteiger partial charge in [-0.3, -0.25) is 4.98 Å². The van der Waals surface area contributed by atoms with Gasteiger partial charge in [0.1, 0.15) is 5.75 Å². The predicted molar refractivity (Wildman–Crippen MR) is 42.8 cm³/mol. The van der Waals surface area contributed by atoms with Gasteiger partial charge in [-0.25, -0.2) is 0 Å². The fourth-order valence-electron chi connectivity index (χ4n) is 1.13. The standard InChI is InChI=1S/C9H11NO/c1-11-8-4-5-9(10-6-8)7-2-3-7/h4-7H,2-3H2,1H3. The first-order valence-electron chi connectivity index (χ1n) is 3.90. The average Bonchev–Trinajstić information content (AvgIpc) is 2.87. The lowest BCUT2D eigenvalue weighted by Crippen LogP contribution is -1.87. The van der Waals surface area contributed by atoms with E-state index >= 15 is 0 Å². The van der Waals surface area contributed by atoms with E-state index in [1.165, 1.54) is 18.5 Å². The third-order valence-electron chi connectivity index (χ3n) is 1.99. The summed E-state index contributed by atoms with van der Waals surface area (Å²) in [5.41, 5.74) is 1.21. The van der Waals surface area contributed by atoms with Crippen molar-refractivity contribution < 1.29 is 4.74 Å². The van der Waals surface area contributed by atoms with Gasteiger partial charge in [-0.2, -0.15) is 0 Å². The highest BCUT2D eigenvalue weighted by atomic mass is 16.5. The number of pyridine rings is 1. The molecule has 0 amide bonds. The summed E-state index contributed by atoms with van der Waals surface area (Å²) in [6.07, 6.45) is 4.40. The zero-order valence-corrected chi connectivity index (χ0v) is 6.58. The third kappa shape index (κ3) is 1.34. The fourth-order valence-corrected chi connectivity index (χ4v) is 1.13. The molecule has 1 heterocycles. The van der Waals surface area contributed by atoms with E-state index in [9.17, 15) is 0 Å². The van der Waals surface area contributed by atoms with Crippen molar-refractivity contribution in [3.63, 3.8) is 0 Å². The molecule has 0 saturated heterocycles. The number of hydrogen-bond donors (Lipinski definition) is 0. The molecule has 1 aliphatic carbocycles. The van der Waals surface area contributed by atoms with Crippen molar-refractivity contribution in [3.05, 3.63) is 24.0 Å². The SMILES string of the molecule is COc1ccc(C2CC2)nc1. The van der Waals surface area contributed by atoms with Crippen LogP contribution in [-0.4, -0.2) is 12.1 Å². The van der Waals surface area contributed by atoms with Crippen LogP contribution in [0, 0.1) is 0 Å². The Morgan fingerprint density at radius 3 is 2.73 bits per heavy atom. The molecular formula is C9H11NO. The maximum absolute atomic E-state index is 5.01. The fraction of sp³-hybridized carbons (Fsp3) is 0.444. The summed E-state index contributed by atoms with van der Waals surface area (Å²) in [5, 5.41) is 0. The second-order valence-corrected chi connectivity index (χ2v) is 2.90. The van der Waals surface area contributed by atoms with Gasteiger partial charge in [-0.1, -0.05) is 0 Å². The zero-order valence-electron chi connectivity index (χ0n) is 6.58. The first-order chi connectivity index (χ1) is 5.40. The Labute approximate surface area is 66.2 Å². The van der Waals surface area contributed by atoms with E-state index in [-0.39, 0.29) is 0 Å². The van der Waals surface area contributed by atoms with Crippen LogP contribution in [0.4, 0.5) is 0 Å². The second kappa shape index (κ2) is 2.53. The highest BCUT2D eigenvalue weighted by Gasteiger charge is 2.24. The summed E-state index contributed by atoms with van der Waals surface area (Å²) < 4.78 is 5.01. The first-order valence-corrected chi connectivity index (χ1v) is 3.90. The molecule has 58 valence electrons. The Morgan fingerprint density at radius 2 is 2.27 bits per heavy atom. The highest BCUT2D eigenvalue weighted by Crippen LogP contribution is 2.38. The molecule has 2 nitrogen and oxygen atoms in total. The summed E-state index contributed by atoms with van der Waals surface area (Å²) in [4.78, 5) is 4.29. The quantitative estimate of drug-likeness (QED) is 0.641. The molecule has 2 rings (SSSR count). The second-order valence-electron chi connectivity index (χ2n) is 2.90. The molecular weight excluding hydrogens is 138 g/mol. The van der Waals surface area contributed by atoms with Crippen LogP contribution in [0.1, 0.15) is 24.5 Å². The molecule has 0 radical (unpaired) electrons. The van der Waals surface area contributed by atoms with Crippen molar-refractivity contribution in [2.24, 2.45) is 0 Å². The van der Waals surface area contributed by atoms with Crippen molar-refractivity contribution >= 4 is 0 Å². The van der Waals surface area contributed by atoms with E-state index < -0.39 is 0 Å². The Morgan fingerprint density at radius 1 is 1.45 bits per heavy atom. The van der Waals surface area contributed by atoms with Gasteiger partial charge in [0.15, 0.2) is 0 Å². The topological polar surface area (TPSA) is 22.1 Å². The minimum absolute atomic E-state index is 0.737. The summed E-state index contributed by atoms with van der Waals surface area (Å²) in [6, 6.07) is 4.02. The average molecular weight is 149 g/mol. The summed E-state index contributed by atoms with van der Waals surface area (Å²) in [7, 11) is 1.66. The van der Waals surface area contributed by atoms with Crippen molar-refractivity contribution in [2.75, 3.05) is 7.11 Å². The molecule has 1 aromatic heterocycles. The molecule has 0 aromatic carbocycles. The van der Waals surface area contributed by atoms with E-state index in [1.807, 2.05) is 6.07 Å². The Hall–Kier alpha value is -1.05. The molecule has 0 bridgehead atoms. The minimum atomic E-state index is 0.737. The van der Waals surface area contributed by atoms with Gasteiger partial charge in [0, 0.05) is 11.6 Å². The van der Waals surface area contributed by atoms with Crippen molar-refractivity contribution in [1.82, 2.24) is 4.98 Å². The third-order valence-corrected chi connectivity index (χ3v) is 1.99. The van der Waals surface area contributed by atoms with Crippen molar-refractivity contribution in [2.45, 2.75) is 18.8 Å². The summed E-state index contributed by atoms with van der Waals surface area (Å²) in [6.45, 7) is 0. The lowest BCUT2D eigenvalue weighted by atomic mass is 10.2. The first kappa shape index (κ1) is 6.65. The maximum atomic E-state index is 5.01. The predicted octanol–water partition coefficient (Wildman–Crippen LogP) is 1.97. The van der Waals surface area contributed by atoms with Crippen LogP contribution in [0.15, 0.2) is 18.3 Å². The zero-order chi connectivity index (χ0) is 7.68. The van der Waals surface area contributed by atoms with E-state index in [0.29, 0.717) is 0 Å². The molecule has 2 heteroatoms. The van der Waals surface area contributed by atoms with Crippen LogP contribution in [0.3, 0.4) is 0 Å². The van der Waals surface area contributed by atoms with Gasteiger partial charge in [0.2, 0.25) is 0 Å². The number of aromatic nitrogens is 1. The lowest BCUT2D eigenvalue weighted by molar-refractivity contribution is 0.412. The summed E-state index contributed by atoms with van der Waals surface area (Å²) in [5.74, 6) is 1.58. The van der Waals surface area contributed by atoms with E-state index in [2.05, 4.69) is 11.1 Å². The monoisotopic (exact) mass is 149 g/mol. The molecule has 1 saturated carbocycles. The van der Waals surface area contributed by atoms with Crippen LogP contribution >= 0.6 is 0 Å². The van der Waals surface area contributed by atoms with Crippen molar-refractivity contribution in [3.8, 4) is 5.75 Å². The van der Waals surface area contributed by atoms with E-state index in [4.69, 9.17) is 4.74 Å². The highest BCUT2D eigenvalue weighted by molar-refractivity contribution is 5.23. The normalized spacial score (nSPS) is 16.5. The van der Waals surface area contributed by atoms with Crippen LogP contribution in [0.2, 0.25) is 0 Å². The van der Waals surface area contributed by atoms with E-state index in [0.717, 1.165) is 11.7 Å². The largest absolute Gasteiger partial charge is 0.495 e. The molecule has 1 aromatic rings. The van der Waals surface area contributed by atoms with Crippen LogP contribution in [-0.2, 0) is 0 Å². The molecule has 1 fully saturated rings. The molecule has 0 N–H and O–H groups in total. The molecule has 0 spiro atoms. The molecule has 11 heavy (non-hydrogen) atoms. The number of ether oxygens (including phenoxy) is 1. The maximum Gasteiger partial charge on any atom is 0.137 e. The lowest BCUT2D eigenvalue weighted by Gasteiger charge is -1.99. The van der Waals surface area contributed by atoms with Gasteiger partial charge in [0.25, 0.3) is 0 Å². The number of nitrogens with zero attached hydrogens (tertiary/aromatic N) is 1. The summed E-state index contributed by atoms with van der Waals surface area (Å²) >= 11 is 0. The Bertz CT molecular complexity index is 238. The van der Waals surface area contributed by atoms with Crippen LogP contribution in [0.25, 0.3) is 0 Å². The van der Waals surface area contributed by atoms with Gasteiger partial charge >= 0.3 is 0 Å². The van der Waals surface area contributed by atoms with Gasteiger partial charge in [0.05, 0.1) is 13.3 Å². The van der Waals surface area contributed by atoms with Crippen molar-refractivity contribution in [1.29, 1.82) is 0 Å².